The molecule has 0 N–H and O–H groups in total. The second kappa shape index (κ2) is 14.2. The summed E-state index contributed by atoms with van der Waals surface area (Å²) in [6.45, 7) is 10.6. The molecule has 0 unspecified atom stereocenters. The van der Waals surface area contributed by atoms with Crippen LogP contribution in [0.15, 0.2) is 0 Å². The molecule has 3 heteroatoms. The third-order valence-corrected chi connectivity index (χ3v) is 5.97. The summed E-state index contributed by atoms with van der Waals surface area (Å²) >= 11 is 2.15. The summed E-state index contributed by atoms with van der Waals surface area (Å²) in [7, 11) is 0. The Bertz CT molecular complexity index is 315. The van der Waals surface area contributed by atoms with Crippen LogP contribution in [0.1, 0.15) is 91.4 Å². The Morgan fingerprint density at radius 1 is 0.870 bits per heavy atom. The number of likely N-dealkylation sites (N-methyl/N-ethyl adjacent to an activating group) is 1. The van der Waals surface area contributed by atoms with Gasteiger partial charge in [-0.3, -0.25) is 9.48 Å². The van der Waals surface area contributed by atoms with E-state index in [4.69, 9.17) is 0 Å². The fourth-order valence-electron chi connectivity index (χ4n) is 3.34. The number of unbranched alkanes of at least 4 members (excludes halogenated alkanes) is 8. The Morgan fingerprint density at radius 3 is 2.17 bits per heavy atom. The average Bonchev–Trinajstić information content (AvgIpc) is 2.96. The van der Waals surface area contributed by atoms with Crippen LogP contribution in [0.5, 0.6) is 0 Å². The fraction of sp³-hybridized carbons (Fsp3) is 0.950. The van der Waals surface area contributed by atoms with Crippen LogP contribution in [0.2, 0.25) is 0 Å². The highest BCUT2D eigenvalue weighted by atomic mass is 32.2. The van der Waals surface area contributed by atoms with E-state index >= 15 is 0 Å². The van der Waals surface area contributed by atoms with Crippen LogP contribution < -0.4 is 0 Å². The van der Waals surface area contributed by atoms with Crippen molar-refractivity contribution in [2.75, 3.05) is 31.3 Å². The number of amidine groups is 1. The molecule has 0 aromatic heterocycles. The molecule has 0 radical (unpaired) electrons. The Kier molecular flexibility index (Phi) is 12.9. The van der Waals surface area contributed by atoms with Crippen LogP contribution in [0, 0.1) is 0 Å². The average molecular weight is 342 g/mol. The van der Waals surface area contributed by atoms with Gasteiger partial charge in [-0.2, -0.15) is 0 Å². The van der Waals surface area contributed by atoms with Gasteiger partial charge in [0.1, 0.15) is 19.0 Å². The van der Waals surface area contributed by atoms with Crippen LogP contribution in [0.25, 0.3) is 0 Å². The van der Waals surface area contributed by atoms with Gasteiger partial charge in [-0.25, -0.2) is 0 Å². The predicted octanol–water partition coefficient (Wildman–Crippen LogP) is 5.75. The Balaban J connectivity index is 2.09. The van der Waals surface area contributed by atoms with Gasteiger partial charge in [-0.15, -0.1) is 11.8 Å². The Hall–Kier alpha value is -0.180. The van der Waals surface area contributed by atoms with Crippen molar-refractivity contribution in [3.05, 3.63) is 0 Å². The van der Waals surface area contributed by atoms with Crippen molar-refractivity contribution in [1.82, 2.24) is 4.90 Å². The topological polar surface area (TPSA) is 6.25 Å². The standard InChI is InChI=1S/C20H41N2S/c1-4-7-9-10-11-12-13-14-18-23-19-22-17-16-21(6-3)20(22)15-8-5-2/h4-19H2,1-3H3/q+1. The van der Waals surface area contributed by atoms with E-state index in [0.29, 0.717) is 0 Å². The van der Waals surface area contributed by atoms with E-state index in [0.717, 1.165) is 0 Å². The zero-order valence-corrected chi connectivity index (χ0v) is 16.9. The maximum Gasteiger partial charge on any atom is 0.247 e. The van der Waals surface area contributed by atoms with Crippen LogP contribution in [0.3, 0.4) is 0 Å². The van der Waals surface area contributed by atoms with E-state index in [1.807, 2.05) is 0 Å². The number of hydrogen-bond donors (Lipinski definition) is 0. The minimum absolute atomic E-state index is 1.18. The zero-order valence-electron chi connectivity index (χ0n) is 16.1. The lowest BCUT2D eigenvalue weighted by atomic mass is 10.1. The molecule has 0 fully saturated rings. The maximum atomic E-state index is 2.65. The molecule has 23 heavy (non-hydrogen) atoms. The molecule has 0 aliphatic carbocycles. The molecule has 1 heterocycles. The number of rotatable bonds is 15. The van der Waals surface area contributed by atoms with Crippen molar-refractivity contribution < 1.29 is 4.58 Å². The monoisotopic (exact) mass is 341 g/mol. The second-order valence-electron chi connectivity index (χ2n) is 6.88. The smallest absolute Gasteiger partial charge is 0.247 e. The molecule has 0 saturated heterocycles. The molecule has 2 nitrogen and oxygen atoms in total. The van der Waals surface area contributed by atoms with Gasteiger partial charge in [-0.05, 0) is 25.5 Å². The van der Waals surface area contributed by atoms with E-state index in [2.05, 4.69) is 42.0 Å². The molecule has 0 spiro atoms. The maximum absolute atomic E-state index is 2.65. The highest BCUT2D eigenvalue weighted by Crippen LogP contribution is 2.14. The number of hydrogen-bond acceptors (Lipinski definition) is 2. The van der Waals surface area contributed by atoms with Gasteiger partial charge in [0.2, 0.25) is 5.84 Å². The molecule has 0 bridgehead atoms. The zero-order chi connectivity index (χ0) is 16.8. The molecular weight excluding hydrogens is 300 g/mol. The first-order valence-corrected chi connectivity index (χ1v) is 11.4. The third-order valence-electron chi connectivity index (χ3n) is 4.89. The van der Waals surface area contributed by atoms with E-state index in [9.17, 15) is 0 Å². The summed E-state index contributed by atoms with van der Waals surface area (Å²) in [6.07, 6.45) is 15.4. The first kappa shape index (κ1) is 20.9. The van der Waals surface area contributed by atoms with Gasteiger partial charge >= 0.3 is 0 Å². The molecule has 0 amide bonds. The van der Waals surface area contributed by atoms with Gasteiger partial charge in [-0.1, -0.05) is 65.2 Å². The normalized spacial score (nSPS) is 15.0. The highest BCUT2D eigenvalue weighted by molar-refractivity contribution is 7.99. The summed E-state index contributed by atoms with van der Waals surface area (Å²) in [5.41, 5.74) is 0. The molecule has 1 aliphatic heterocycles. The van der Waals surface area contributed by atoms with Crippen molar-refractivity contribution in [2.24, 2.45) is 0 Å². The predicted molar refractivity (Wildman–Crippen MR) is 107 cm³/mol. The lowest BCUT2D eigenvalue weighted by Gasteiger charge is -2.11. The minimum atomic E-state index is 1.18. The van der Waals surface area contributed by atoms with Crippen LogP contribution in [-0.4, -0.2) is 46.6 Å². The van der Waals surface area contributed by atoms with Crippen molar-refractivity contribution >= 4 is 17.6 Å². The largest absolute Gasteiger partial charge is 0.262 e. The quantitative estimate of drug-likeness (QED) is 0.276. The summed E-state index contributed by atoms with van der Waals surface area (Å²) in [5.74, 6) is 4.18. The minimum Gasteiger partial charge on any atom is -0.262 e. The lowest BCUT2D eigenvalue weighted by Crippen LogP contribution is -2.29. The van der Waals surface area contributed by atoms with E-state index in [1.54, 1.807) is 5.84 Å². The molecule has 1 rings (SSSR count). The second-order valence-corrected chi connectivity index (χ2v) is 7.95. The number of thioether (sulfide) groups is 1. The molecule has 0 atom stereocenters. The summed E-state index contributed by atoms with van der Waals surface area (Å²) in [6, 6.07) is 0. The van der Waals surface area contributed by atoms with Gasteiger partial charge in [0, 0.05) is 6.42 Å². The fourth-order valence-corrected chi connectivity index (χ4v) is 4.38. The van der Waals surface area contributed by atoms with E-state index in [1.165, 1.54) is 102 Å². The van der Waals surface area contributed by atoms with Crippen molar-refractivity contribution in [3.8, 4) is 0 Å². The summed E-state index contributed by atoms with van der Waals surface area (Å²) < 4.78 is 2.65. The van der Waals surface area contributed by atoms with Gasteiger partial charge in [0.25, 0.3) is 0 Å². The van der Waals surface area contributed by atoms with E-state index in [-0.39, 0.29) is 0 Å². The van der Waals surface area contributed by atoms with Crippen molar-refractivity contribution in [3.63, 3.8) is 0 Å². The highest BCUT2D eigenvalue weighted by Gasteiger charge is 2.27. The van der Waals surface area contributed by atoms with Gasteiger partial charge < -0.3 is 0 Å². The number of nitrogens with zero attached hydrogens (tertiary/aromatic N) is 2. The summed E-state index contributed by atoms with van der Waals surface area (Å²) in [5, 5.41) is 0. The molecule has 0 saturated carbocycles. The summed E-state index contributed by atoms with van der Waals surface area (Å²) in [4.78, 5) is 2.59. The first-order valence-electron chi connectivity index (χ1n) is 10.3. The molecule has 1 aliphatic rings. The lowest BCUT2D eigenvalue weighted by molar-refractivity contribution is -0.498. The Morgan fingerprint density at radius 2 is 1.52 bits per heavy atom. The van der Waals surface area contributed by atoms with Gasteiger partial charge in [0.05, 0.1) is 6.54 Å². The van der Waals surface area contributed by atoms with Crippen molar-refractivity contribution in [1.29, 1.82) is 0 Å². The SMILES string of the molecule is CCCCCCCCCCSC[N+]1=C(CCCC)N(CC)CC1. The third kappa shape index (κ3) is 9.02. The molecular formula is C20H41N2S+. The Labute approximate surface area is 150 Å². The van der Waals surface area contributed by atoms with E-state index < -0.39 is 0 Å². The van der Waals surface area contributed by atoms with Crippen LogP contribution in [-0.2, 0) is 0 Å². The molecule has 0 aromatic rings. The first-order chi connectivity index (χ1) is 11.3. The molecule has 0 aromatic carbocycles. The molecule has 136 valence electrons. The van der Waals surface area contributed by atoms with Crippen molar-refractivity contribution in [2.45, 2.75) is 91.4 Å². The van der Waals surface area contributed by atoms with Gasteiger partial charge in [0.15, 0.2) is 0 Å². The van der Waals surface area contributed by atoms with Crippen LogP contribution in [0.4, 0.5) is 0 Å². The van der Waals surface area contributed by atoms with Crippen LogP contribution >= 0.6 is 11.8 Å².